The topological polar surface area (TPSA) is 75.6 Å². The molecule has 0 aliphatic rings. The molecule has 124 valence electrons. The van der Waals surface area contributed by atoms with Gasteiger partial charge < -0.3 is 15.2 Å². The Bertz CT molecular complexity index is 695. The first-order valence-corrected chi connectivity index (χ1v) is 7.51. The van der Waals surface area contributed by atoms with E-state index in [1.165, 1.54) is 6.08 Å². The molecule has 0 saturated heterocycles. The maximum Gasteiger partial charge on any atom is 0.407 e. The number of carbonyl (C=O) groups excluding carboxylic acids is 1. The second kappa shape index (κ2) is 8.53. The third kappa shape index (κ3) is 4.98. The minimum absolute atomic E-state index is 0.0680. The van der Waals surface area contributed by atoms with Crippen LogP contribution in [-0.4, -0.2) is 23.8 Å². The Hall–Kier alpha value is -3.08. The van der Waals surface area contributed by atoms with Gasteiger partial charge in [0.05, 0.1) is 12.5 Å². The second-order valence-electron chi connectivity index (χ2n) is 5.17. The molecule has 0 aromatic heterocycles. The number of nitrogens with one attached hydrogen (secondary N) is 1. The Morgan fingerprint density at radius 1 is 1.08 bits per heavy atom. The average Bonchev–Trinajstić information content (AvgIpc) is 2.60. The molecule has 0 saturated carbocycles. The molecule has 0 unspecified atom stereocenters. The summed E-state index contributed by atoms with van der Waals surface area (Å²) in [7, 11) is 0. The van der Waals surface area contributed by atoms with Gasteiger partial charge in [-0.2, -0.15) is 0 Å². The quantitative estimate of drug-likeness (QED) is 0.760. The molecule has 0 bridgehead atoms. The van der Waals surface area contributed by atoms with Gasteiger partial charge in [0, 0.05) is 0 Å². The number of carbonyl (C=O) groups is 2. The Labute approximate surface area is 140 Å². The van der Waals surface area contributed by atoms with Crippen LogP contribution in [0.5, 0.6) is 0 Å². The lowest BCUT2D eigenvalue weighted by molar-refractivity contribution is -0.137. The van der Waals surface area contributed by atoms with Gasteiger partial charge in [-0.15, -0.1) is 0 Å². The van der Waals surface area contributed by atoms with Gasteiger partial charge in [-0.3, -0.25) is 4.79 Å². The van der Waals surface area contributed by atoms with Crippen molar-refractivity contribution in [3.8, 4) is 11.1 Å². The molecule has 0 heterocycles. The number of hydrogen-bond acceptors (Lipinski definition) is 3. The van der Waals surface area contributed by atoms with Gasteiger partial charge in [0.2, 0.25) is 0 Å². The van der Waals surface area contributed by atoms with Crippen LogP contribution in [0.3, 0.4) is 0 Å². The highest BCUT2D eigenvalue weighted by molar-refractivity contribution is 5.72. The standard InChI is InChI=1S/C19H19NO4/c1-2-12-24-19(23)20-17(13-18(21)22)16-10-8-15(9-11-16)14-6-4-3-5-7-14/h2-11,17H,1,12-13H2,(H,20,23)(H,21,22)/t17-/m0/s1. The first-order valence-electron chi connectivity index (χ1n) is 7.51. The van der Waals surface area contributed by atoms with Crippen molar-refractivity contribution in [3.05, 3.63) is 72.8 Å². The number of benzene rings is 2. The van der Waals surface area contributed by atoms with Gasteiger partial charge in [-0.25, -0.2) is 4.79 Å². The van der Waals surface area contributed by atoms with Crippen LogP contribution in [0.1, 0.15) is 18.0 Å². The van der Waals surface area contributed by atoms with Crippen LogP contribution in [0.2, 0.25) is 0 Å². The number of carboxylic acid groups (broad SMARTS) is 1. The highest BCUT2D eigenvalue weighted by Crippen LogP contribution is 2.23. The maximum absolute atomic E-state index is 11.7. The smallest absolute Gasteiger partial charge is 0.407 e. The van der Waals surface area contributed by atoms with E-state index < -0.39 is 18.1 Å². The molecule has 0 fully saturated rings. The van der Waals surface area contributed by atoms with Gasteiger partial charge in [-0.05, 0) is 16.7 Å². The zero-order valence-electron chi connectivity index (χ0n) is 13.1. The van der Waals surface area contributed by atoms with Crippen LogP contribution in [0, 0.1) is 0 Å². The number of amides is 1. The summed E-state index contributed by atoms with van der Waals surface area (Å²) in [6.45, 7) is 3.53. The summed E-state index contributed by atoms with van der Waals surface area (Å²) in [6.07, 6.45) is 0.544. The van der Waals surface area contributed by atoms with Crippen molar-refractivity contribution in [3.63, 3.8) is 0 Å². The summed E-state index contributed by atoms with van der Waals surface area (Å²) < 4.78 is 4.86. The summed E-state index contributed by atoms with van der Waals surface area (Å²) in [6, 6.07) is 16.6. The number of carboxylic acids is 1. The van der Waals surface area contributed by atoms with Crippen LogP contribution >= 0.6 is 0 Å². The van der Waals surface area contributed by atoms with Gasteiger partial charge in [0.15, 0.2) is 0 Å². The molecule has 0 aliphatic carbocycles. The van der Waals surface area contributed by atoms with E-state index in [2.05, 4.69) is 11.9 Å². The van der Waals surface area contributed by atoms with Gasteiger partial charge in [0.25, 0.3) is 0 Å². The Kier molecular flexibility index (Phi) is 6.14. The van der Waals surface area contributed by atoms with Crippen molar-refractivity contribution >= 4 is 12.1 Å². The molecule has 2 aromatic carbocycles. The Balaban J connectivity index is 2.15. The summed E-state index contributed by atoms with van der Waals surface area (Å²) >= 11 is 0. The van der Waals surface area contributed by atoms with Crippen molar-refractivity contribution in [2.45, 2.75) is 12.5 Å². The summed E-state index contributed by atoms with van der Waals surface area (Å²) in [4.78, 5) is 22.7. The monoisotopic (exact) mass is 325 g/mol. The largest absolute Gasteiger partial charge is 0.481 e. The molecule has 2 rings (SSSR count). The molecule has 1 amide bonds. The van der Waals surface area contributed by atoms with E-state index in [-0.39, 0.29) is 13.0 Å². The second-order valence-corrected chi connectivity index (χ2v) is 5.17. The molecule has 24 heavy (non-hydrogen) atoms. The lowest BCUT2D eigenvalue weighted by atomic mass is 9.99. The van der Waals surface area contributed by atoms with E-state index in [1.54, 1.807) is 0 Å². The predicted octanol–water partition coefficient (Wildman–Crippen LogP) is 3.78. The minimum Gasteiger partial charge on any atom is -0.481 e. The summed E-state index contributed by atoms with van der Waals surface area (Å²) in [5.41, 5.74) is 2.78. The van der Waals surface area contributed by atoms with Crippen LogP contribution in [-0.2, 0) is 9.53 Å². The third-order valence-electron chi connectivity index (χ3n) is 3.42. The fraction of sp³-hybridized carbons (Fsp3) is 0.158. The van der Waals surface area contributed by atoms with E-state index >= 15 is 0 Å². The van der Waals surface area contributed by atoms with Gasteiger partial charge in [-0.1, -0.05) is 67.3 Å². The molecule has 0 aliphatic heterocycles. The molecule has 0 spiro atoms. The third-order valence-corrected chi connectivity index (χ3v) is 3.42. The number of ether oxygens (including phenoxy) is 1. The highest BCUT2D eigenvalue weighted by atomic mass is 16.5. The molecule has 0 radical (unpaired) electrons. The average molecular weight is 325 g/mol. The first-order chi connectivity index (χ1) is 11.6. The SMILES string of the molecule is C=CCOC(=O)N[C@@H](CC(=O)O)c1ccc(-c2ccccc2)cc1. The normalized spacial score (nSPS) is 11.3. The highest BCUT2D eigenvalue weighted by Gasteiger charge is 2.18. The maximum atomic E-state index is 11.7. The molecule has 1 atom stereocenters. The van der Waals surface area contributed by atoms with Crippen LogP contribution in [0.4, 0.5) is 4.79 Å². The number of aliphatic carboxylic acids is 1. The van der Waals surface area contributed by atoms with Gasteiger partial charge in [0.1, 0.15) is 6.61 Å². The van der Waals surface area contributed by atoms with E-state index in [1.807, 2.05) is 54.6 Å². The van der Waals surface area contributed by atoms with E-state index in [9.17, 15) is 9.59 Å². The van der Waals surface area contributed by atoms with Gasteiger partial charge >= 0.3 is 12.1 Å². The van der Waals surface area contributed by atoms with Crippen molar-refractivity contribution in [1.82, 2.24) is 5.32 Å². The number of rotatable bonds is 7. The van der Waals surface area contributed by atoms with Crippen molar-refractivity contribution in [2.75, 3.05) is 6.61 Å². The zero-order chi connectivity index (χ0) is 17.4. The summed E-state index contributed by atoms with van der Waals surface area (Å²) in [5.74, 6) is -1.00. The fourth-order valence-corrected chi connectivity index (χ4v) is 2.28. The number of hydrogen-bond donors (Lipinski definition) is 2. The summed E-state index contributed by atoms with van der Waals surface area (Å²) in [5, 5.41) is 11.6. The molecular weight excluding hydrogens is 306 g/mol. The minimum atomic E-state index is -1.00. The van der Waals surface area contributed by atoms with Crippen LogP contribution < -0.4 is 5.32 Å². The van der Waals surface area contributed by atoms with Crippen molar-refractivity contribution in [1.29, 1.82) is 0 Å². The zero-order valence-corrected chi connectivity index (χ0v) is 13.1. The van der Waals surface area contributed by atoms with E-state index in [0.29, 0.717) is 5.56 Å². The predicted molar refractivity (Wildman–Crippen MR) is 91.6 cm³/mol. The lowest BCUT2D eigenvalue weighted by Gasteiger charge is -2.17. The van der Waals surface area contributed by atoms with Crippen molar-refractivity contribution < 1.29 is 19.4 Å². The molecule has 2 N–H and O–H groups in total. The fourth-order valence-electron chi connectivity index (χ4n) is 2.28. The lowest BCUT2D eigenvalue weighted by Crippen LogP contribution is -2.30. The Morgan fingerprint density at radius 2 is 1.71 bits per heavy atom. The first kappa shape index (κ1) is 17.3. The van der Waals surface area contributed by atoms with Crippen molar-refractivity contribution in [2.24, 2.45) is 0 Å². The van der Waals surface area contributed by atoms with E-state index in [0.717, 1.165) is 11.1 Å². The van der Waals surface area contributed by atoms with Crippen LogP contribution in [0.15, 0.2) is 67.3 Å². The molecule has 5 nitrogen and oxygen atoms in total. The number of alkyl carbamates (subject to hydrolysis) is 1. The molecule has 2 aromatic rings. The molecular formula is C19H19NO4. The van der Waals surface area contributed by atoms with E-state index in [4.69, 9.17) is 9.84 Å². The Morgan fingerprint density at radius 3 is 2.29 bits per heavy atom. The van der Waals surface area contributed by atoms with Crippen LogP contribution in [0.25, 0.3) is 11.1 Å². The molecule has 5 heteroatoms.